The zero-order valence-electron chi connectivity index (χ0n) is 11.8. The van der Waals surface area contributed by atoms with E-state index in [1.807, 2.05) is 0 Å². The highest BCUT2D eigenvalue weighted by atomic mass is 16.7. The Morgan fingerprint density at radius 2 is 1.91 bits per heavy atom. The van der Waals surface area contributed by atoms with Gasteiger partial charge in [-0.2, -0.15) is 0 Å². The van der Waals surface area contributed by atoms with Crippen LogP contribution < -0.4 is 10.4 Å². The summed E-state index contributed by atoms with van der Waals surface area (Å²) in [5, 5.41) is 38.1. The Balaban J connectivity index is 2.04. The Morgan fingerprint density at radius 1 is 1.18 bits per heavy atom. The van der Waals surface area contributed by atoms with Crippen LogP contribution in [0, 0.1) is 0 Å². The molecule has 0 amide bonds. The number of aliphatic hydroxyl groups is 4. The van der Waals surface area contributed by atoms with Crippen molar-refractivity contribution in [2.75, 3.05) is 13.7 Å². The number of ether oxygens (including phenoxy) is 3. The van der Waals surface area contributed by atoms with Crippen molar-refractivity contribution in [3.8, 4) is 5.75 Å². The summed E-state index contributed by atoms with van der Waals surface area (Å²) in [6.45, 7) is -0.797. The topological polar surface area (TPSA) is 139 Å². The predicted molar refractivity (Wildman–Crippen MR) is 70.1 cm³/mol. The van der Waals surface area contributed by atoms with Crippen LogP contribution in [0.1, 0.15) is 5.76 Å². The highest BCUT2D eigenvalue weighted by Crippen LogP contribution is 2.23. The molecule has 9 heteroatoms. The summed E-state index contributed by atoms with van der Waals surface area (Å²) >= 11 is 0. The Hall–Kier alpha value is -1.49. The highest BCUT2D eigenvalue weighted by molar-refractivity contribution is 5.19. The van der Waals surface area contributed by atoms with Gasteiger partial charge in [-0.05, 0) is 0 Å². The van der Waals surface area contributed by atoms with E-state index < -0.39 is 42.9 Å². The largest absolute Gasteiger partial charge is 0.496 e. The van der Waals surface area contributed by atoms with Gasteiger partial charge < -0.3 is 39.1 Å². The Bertz CT molecular complexity index is 541. The second-order valence-electron chi connectivity index (χ2n) is 4.79. The molecule has 1 aromatic heterocycles. The Labute approximate surface area is 125 Å². The number of rotatable bonds is 5. The molecule has 1 saturated heterocycles. The second-order valence-corrected chi connectivity index (χ2v) is 4.79. The molecule has 0 saturated carbocycles. The molecule has 1 aromatic rings. The van der Waals surface area contributed by atoms with Crippen molar-refractivity contribution in [2.45, 2.75) is 37.3 Å². The van der Waals surface area contributed by atoms with Gasteiger partial charge in [-0.1, -0.05) is 0 Å². The third-order valence-corrected chi connectivity index (χ3v) is 3.27. The van der Waals surface area contributed by atoms with Gasteiger partial charge in [0.05, 0.1) is 19.8 Å². The van der Waals surface area contributed by atoms with Crippen molar-refractivity contribution in [1.29, 1.82) is 0 Å². The molecule has 4 N–H and O–H groups in total. The van der Waals surface area contributed by atoms with Crippen molar-refractivity contribution >= 4 is 0 Å². The molecule has 2 heterocycles. The molecule has 0 spiro atoms. The van der Waals surface area contributed by atoms with Gasteiger partial charge in [0.15, 0.2) is 6.29 Å². The minimum absolute atomic E-state index is 0.126. The quantitative estimate of drug-likeness (QED) is 0.483. The molecule has 0 bridgehead atoms. The van der Waals surface area contributed by atoms with Crippen LogP contribution in [0.25, 0.3) is 0 Å². The molecule has 2 rings (SSSR count). The fourth-order valence-electron chi connectivity index (χ4n) is 2.06. The number of methoxy groups -OCH3 is 1. The Morgan fingerprint density at radius 3 is 2.55 bits per heavy atom. The first-order chi connectivity index (χ1) is 10.5. The summed E-state index contributed by atoms with van der Waals surface area (Å²) in [7, 11) is 1.39. The molecule has 0 aliphatic carbocycles. The van der Waals surface area contributed by atoms with E-state index >= 15 is 0 Å². The average Bonchev–Trinajstić information content (AvgIpc) is 2.51. The number of hydrogen-bond donors (Lipinski definition) is 4. The first kappa shape index (κ1) is 16.9. The van der Waals surface area contributed by atoms with Gasteiger partial charge in [0.2, 0.25) is 0 Å². The summed E-state index contributed by atoms with van der Waals surface area (Å²) < 4.78 is 20.2. The van der Waals surface area contributed by atoms with Crippen LogP contribution in [0.3, 0.4) is 0 Å². The summed E-state index contributed by atoms with van der Waals surface area (Å²) in [5.41, 5.74) is -0.633. The average molecular weight is 318 g/mol. The smallest absolute Gasteiger partial charge is 0.339 e. The summed E-state index contributed by atoms with van der Waals surface area (Å²) in [6.07, 6.45) is -6.88. The van der Waals surface area contributed by atoms with Crippen molar-refractivity contribution in [1.82, 2.24) is 0 Å². The van der Waals surface area contributed by atoms with Gasteiger partial charge in [0.25, 0.3) is 0 Å². The summed E-state index contributed by atoms with van der Waals surface area (Å²) in [5.74, 6) is 0.407. The minimum atomic E-state index is -1.53. The van der Waals surface area contributed by atoms with Crippen molar-refractivity contribution in [2.24, 2.45) is 0 Å². The third-order valence-electron chi connectivity index (χ3n) is 3.27. The van der Waals surface area contributed by atoms with E-state index in [1.165, 1.54) is 13.2 Å². The number of aliphatic hydroxyl groups excluding tert-OH is 4. The fraction of sp³-hybridized carbons (Fsp3) is 0.615. The maximum atomic E-state index is 11.3. The normalized spacial score (nSPS) is 32.0. The molecule has 0 radical (unpaired) electrons. The van der Waals surface area contributed by atoms with Crippen molar-refractivity contribution in [3.05, 3.63) is 28.3 Å². The fourth-order valence-corrected chi connectivity index (χ4v) is 2.06. The van der Waals surface area contributed by atoms with Gasteiger partial charge in [-0.3, -0.25) is 0 Å². The monoisotopic (exact) mass is 318 g/mol. The zero-order chi connectivity index (χ0) is 16.3. The van der Waals surface area contributed by atoms with Crippen LogP contribution in [0.2, 0.25) is 0 Å². The van der Waals surface area contributed by atoms with E-state index in [0.29, 0.717) is 0 Å². The molecular formula is C13H18O9. The van der Waals surface area contributed by atoms with Crippen molar-refractivity contribution < 1.29 is 39.1 Å². The van der Waals surface area contributed by atoms with Gasteiger partial charge in [0, 0.05) is 6.07 Å². The van der Waals surface area contributed by atoms with E-state index in [9.17, 15) is 20.1 Å². The first-order valence-electron chi connectivity index (χ1n) is 6.56. The molecule has 1 fully saturated rings. The SMILES string of the molecule is COc1cc(COC2OC(CO)C(O)C(O)C2O)oc(=O)c1. The Kier molecular flexibility index (Phi) is 5.51. The lowest BCUT2D eigenvalue weighted by Gasteiger charge is -2.39. The lowest BCUT2D eigenvalue weighted by atomic mass is 9.99. The number of hydrogen-bond acceptors (Lipinski definition) is 9. The first-order valence-corrected chi connectivity index (χ1v) is 6.56. The van der Waals surface area contributed by atoms with E-state index in [4.69, 9.17) is 23.7 Å². The van der Waals surface area contributed by atoms with Crippen LogP contribution in [0.4, 0.5) is 0 Å². The molecule has 1 aliphatic rings. The van der Waals surface area contributed by atoms with Gasteiger partial charge in [-0.25, -0.2) is 4.79 Å². The van der Waals surface area contributed by atoms with E-state index in [1.54, 1.807) is 0 Å². The van der Waals surface area contributed by atoms with Crippen LogP contribution in [0.5, 0.6) is 5.75 Å². The summed E-state index contributed by atoms with van der Waals surface area (Å²) in [6, 6.07) is 2.57. The highest BCUT2D eigenvalue weighted by Gasteiger charge is 2.44. The summed E-state index contributed by atoms with van der Waals surface area (Å²) in [4.78, 5) is 11.3. The van der Waals surface area contributed by atoms with E-state index in [-0.39, 0.29) is 18.1 Å². The molecule has 5 atom stereocenters. The molecule has 22 heavy (non-hydrogen) atoms. The lowest BCUT2D eigenvalue weighted by molar-refractivity contribution is -0.304. The van der Waals surface area contributed by atoms with Gasteiger partial charge >= 0.3 is 5.63 Å². The third kappa shape index (κ3) is 3.64. The van der Waals surface area contributed by atoms with Crippen LogP contribution in [0.15, 0.2) is 21.3 Å². The maximum Gasteiger partial charge on any atom is 0.339 e. The standard InChI is InChI=1S/C13H18O9/c1-19-6-2-7(21-9(15)3-6)5-20-13-12(18)11(17)10(16)8(4-14)22-13/h2-3,8,10-14,16-18H,4-5H2,1H3. The van der Waals surface area contributed by atoms with Crippen molar-refractivity contribution in [3.63, 3.8) is 0 Å². The van der Waals surface area contributed by atoms with Gasteiger partial charge in [0.1, 0.15) is 42.5 Å². The minimum Gasteiger partial charge on any atom is -0.496 e. The molecule has 9 nitrogen and oxygen atoms in total. The van der Waals surface area contributed by atoms with Crippen LogP contribution >= 0.6 is 0 Å². The molecule has 124 valence electrons. The lowest BCUT2D eigenvalue weighted by Crippen LogP contribution is -2.59. The molecular weight excluding hydrogens is 300 g/mol. The van der Waals surface area contributed by atoms with Crippen LogP contribution in [-0.4, -0.2) is 64.8 Å². The van der Waals surface area contributed by atoms with E-state index in [2.05, 4.69) is 0 Å². The maximum absolute atomic E-state index is 11.3. The van der Waals surface area contributed by atoms with Gasteiger partial charge in [-0.15, -0.1) is 0 Å². The molecule has 0 aromatic carbocycles. The van der Waals surface area contributed by atoms with Crippen LogP contribution in [-0.2, 0) is 16.1 Å². The molecule has 5 unspecified atom stereocenters. The second kappa shape index (κ2) is 7.18. The zero-order valence-corrected chi connectivity index (χ0v) is 11.8. The van der Waals surface area contributed by atoms with E-state index in [0.717, 1.165) is 6.07 Å². The predicted octanol–water partition coefficient (Wildman–Crippen LogP) is -2.04. The molecule has 1 aliphatic heterocycles.